The fourth-order valence-corrected chi connectivity index (χ4v) is 2.03. The second kappa shape index (κ2) is 10.1. The van der Waals surface area contributed by atoms with E-state index in [0.717, 1.165) is 0 Å². The average molecular weight is 429 g/mol. The van der Waals surface area contributed by atoms with E-state index in [1.165, 1.54) is 0 Å². The Morgan fingerprint density at radius 3 is 1.97 bits per heavy atom. The van der Waals surface area contributed by atoms with Crippen LogP contribution in [0.4, 0.5) is 26.3 Å². The van der Waals surface area contributed by atoms with E-state index in [1.807, 2.05) is 0 Å². The number of esters is 2. The molecule has 6 nitrogen and oxygen atoms in total. The lowest BCUT2D eigenvalue weighted by atomic mass is 10.0. The molecule has 1 aromatic carbocycles. The Hall–Kier alpha value is -2.79. The monoisotopic (exact) mass is 429 g/mol. The molecule has 162 valence electrons. The van der Waals surface area contributed by atoms with Crippen LogP contribution in [0, 0.1) is 0 Å². The van der Waals surface area contributed by atoms with Gasteiger partial charge in [0.15, 0.2) is 6.61 Å². The highest BCUT2D eigenvalue weighted by Crippen LogP contribution is 2.36. The molecule has 1 amide bonds. The van der Waals surface area contributed by atoms with Crippen molar-refractivity contribution in [2.24, 2.45) is 0 Å². The zero-order valence-corrected chi connectivity index (χ0v) is 15.1. The Bertz CT molecular complexity index is 713. The number of amides is 1. The molecule has 12 heteroatoms. The average Bonchev–Trinajstić information content (AvgIpc) is 2.61. The Morgan fingerprint density at radius 1 is 0.931 bits per heavy atom. The normalized spacial score (nSPS) is 11.7. The van der Waals surface area contributed by atoms with Crippen molar-refractivity contribution in [3.8, 4) is 0 Å². The van der Waals surface area contributed by atoms with E-state index < -0.39 is 53.5 Å². The lowest BCUT2D eigenvalue weighted by Crippen LogP contribution is -2.30. The van der Waals surface area contributed by atoms with Gasteiger partial charge in [-0.25, -0.2) is 4.79 Å². The SMILES string of the molecule is CCOC(=O)CCCNC(=O)COC(=O)c1cc(C(F)(F)F)cc(C(F)(F)F)c1. The van der Waals surface area contributed by atoms with Gasteiger partial charge in [-0.3, -0.25) is 9.59 Å². The molecule has 0 fully saturated rings. The van der Waals surface area contributed by atoms with Gasteiger partial charge in [-0.05, 0) is 31.5 Å². The van der Waals surface area contributed by atoms with Crippen LogP contribution in [0.5, 0.6) is 0 Å². The molecule has 0 saturated carbocycles. The van der Waals surface area contributed by atoms with Crippen LogP contribution in [0.15, 0.2) is 18.2 Å². The van der Waals surface area contributed by atoms with Gasteiger partial charge >= 0.3 is 24.3 Å². The number of ether oxygens (including phenoxy) is 2. The topological polar surface area (TPSA) is 81.7 Å². The molecule has 0 aliphatic rings. The number of halogens is 6. The molecule has 1 rings (SSSR count). The summed E-state index contributed by atoms with van der Waals surface area (Å²) in [6.45, 7) is 0.926. The Labute approximate surface area is 161 Å². The molecule has 0 bridgehead atoms. The summed E-state index contributed by atoms with van der Waals surface area (Å²) in [6, 6.07) is 0.274. The van der Waals surface area contributed by atoms with Crippen LogP contribution in [-0.2, 0) is 31.4 Å². The first kappa shape index (κ1) is 24.2. The standard InChI is InChI=1S/C17H17F6NO5/c1-2-28-14(26)4-3-5-24-13(25)9-29-15(27)10-6-11(16(18,19)20)8-12(7-10)17(21,22)23/h6-8H,2-5,9H2,1H3,(H,24,25). The van der Waals surface area contributed by atoms with Crippen LogP contribution in [0.3, 0.4) is 0 Å². The number of benzene rings is 1. The molecule has 0 heterocycles. The highest BCUT2D eigenvalue weighted by molar-refractivity contribution is 5.91. The summed E-state index contributed by atoms with van der Waals surface area (Å²) in [5, 5.41) is 2.27. The molecule has 1 aromatic rings. The van der Waals surface area contributed by atoms with Gasteiger partial charge in [0.2, 0.25) is 0 Å². The van der Waals surface area contributed by atoms with Crippen LogP contribution >= 0.6 is 0 Å². The van der Waals surface area contributed by atoms with Crippen LogP contribution in [-0.4, -0.2) is 37.6 Å². The number of carbonyl (C=O) groups excluding carboxylic acids is 3. The molecule has 0 atom stereocenters. The molecule has 0 unspecified atom stereocenters. The third-order valence-electron chi connectivity index (χ3n) is 3.34. The third-order valence-corrected chi connectivity index (χ3v) is 3.34. The lowest BCUT2D eigenvalue weighted by molar-refractivity contribution is -0.144. The Kier molecular flexibility index (Phi) is 8.46. The highest BCUT2D eigenvalue weighted by atomic mass is 19.4. The van der Waals surface area contributed by atoms with E-state index in [-0.39, 0.29) is 44.2 Å². The van der Waals surface area contributed by atoms with Gasteiger partial charge in [-0.2, -0.15) is 26.3 Å². The van der Waals surface area contributed by atoms with E-state index in [4.69, 9.17) is 0 Å². The summed E-state index contributed by atoms with van der Waals surface area (Å²) in [5.74, 6) is -2.84. The number of nitrogens with one attached hydrogen (secondary N) is 1. The molecule has 0 saturated heterocycles. The van der Waals surface area contributed by atoms with Gasteiger partial charge < -0.3 is 14.8 Å². The fraction of sp³-hybridized carbons (Fsp3) is 0.471. The van der Waals surface area contributed by atoms with Crippen molar-refractivity contribution in [2.45, 2.75) is 32.1 Å². The van der Waals surface area contributed by atoms with E-state index in [0.29, 0.717) is 0 Å². The quantitative estimate of drug-likeness (QED) is 0.390. The molecule has 0 aliphatic heterocycles. The van der Waals surface area contributed by atoms with Gasteiger partial charge in [-0.1, -0.05) is 0 Å². The van der Waals surface area contributed by atoms with Crippen molar-refractivity contribution < 1.29 is 50.2 Å². The summed E-state index contributed by atoms with van der Waals surface area (Å²) in [7, 11) is 0. The molecule has 0 radical (unpaired) electrons. The number of rotatable bonds is 8. The van der Waals surface area contributed by atoms with Gasteiger partial charge in [0.05, 0.1) is 23.3 Å². The van der Waals surface area contributed by atoms with Crippen LogP contribution in [0.25, 0.3) is 0 Å². The Morgan fingerprint density at radius 2 is 1.48 bits per heavy atom. The molecule has 29 heavy (non-hydrogen) atoms. The Balaban J connectivity index is 2.67. The van der Waals surface area contributed by atoms with Crippen LogP contribution in [0.2, 0.25) is 0 Å². The van der Waals surface area contributed by atoms with Crippen molar-refractivity contribution >= 4 is 17.8 Å². The summed E-state index contributed by atoms with van der Waals surface area (Å²) in [6.07, 6.45) is -9.99. The van der Waals surface area contributed by atoms with E-state index in [2.05, 4.69) is 14.8 Å². The largest absolute Gasteiger partial charge is 0.466 e. The van der Waals surface area contributed by atoms with E-state index in [1.54, 1.807) is 6.92 Å². The second-order valence-electron chi connectivity index (χ2n) is 5.63. The minimum absolute atomic E-state index is 0.0248. The summed E-state index contributed by atoms with van der Waals surface area (Å²) < 4.78 is 85.8. The summed E-state index contributed by atoms with van der Waals surface area (Å²) >= 11 is 0. The van der Waals surface area contributed by atoms with Crippen molar-refractivity contribution in [1.82, 2.24) is 5.32 Å². The first-order valence-corrected chi connectivity index (χ1v) is 8.23. The zero-order valence-electron chi connectivity index (χ0n) is 15.1. The maximum Gasteiger partial charge on any atom is 0.416 e. The summed E-state index contributed by atoms with van der Waals surface area (Å²) in [5.41, 5.74) is -4.35. The molecular formula is C17H17F6NO5. The number of alkyl halides is 6. The molecule has 1 N–H and O–H groups in total. The highest BCUT2D eigenvalue weighted by Gasteiger charge is 2.37. The smallest absolute Gasteiger partial charge is 0.416 e. The van der Waals surface area contributed by atoms with Crippen molar-refractivity contribution in [3.63, 3.8) is 0 Å². The summed E-state index contributed by atoms with van der Waals surface area (Å²) in [4.78, 5) is 34.4. The first-order valence-electron chi connectivity index (χ1n) is 8.23. The van der Waals surface area contributed by atoms with Crippen LogP contribution in [0.1, 0.15) is 41.3 Å². The number of carbonyl (C=O) groups is 3. The number of hydrogen-bond donors (Lipinski definition) is 1. The minimum Gasteiger partial charge on any atom is -0.466 e. The van der Waals surface area contributed by atoms with Gasteiger partial charge in [0.25, 0.3) is 5.91 Å². The third kappa shape index (κ3) is 8.40. The zero-order chi connectivity index (χ0) is 22.2. The van der Waals surface area contributed by atoms with Crippen molar-refractivity contribution in [3.05, 3.63) is 34.9 Å². The molecule has 0 aliphatic carbocycles. The van der Waals surface area contributed by atoms with E-state index in [9.17, 15) is 40.7 Å². The van der Waals surface area contributed by atoms with E-state index >= 15 is 0 Å². The second-order valence-corrected chi connectivity index (χ2v) is 5.63. The van der Waals surface area contributed by atoms with Crippen LogP contribution < -0.4 is 5.32 Å². The lowest BCUT2D eigenvalue weighted by Gasteiger charge is -2.14. The molecular weight excluding hydrogens is 412 g/mol. The minimum atomic E-state index is -5.12. The first-order chi connectivity index (χ1) is 13.3. The number of hydrogen-bond acceptors (Lipinski definition) is 5. The predicted octanol–water partition coefficient (Wildman–Crippen LogP) is 3.34. The van der Waals surface area contributed by atoms with Gasteiger partial charge in [0.1, 0.15) is 0 Å². The molecule has 0 spiro atoms. The maximum atomic E-state index is 12.8. The van der Waals surface area contributed by atoms with Gasteiger partial charge in [-0.15, -0.1) is 0 Å². The maximum absolute atomic E-state index is 12.8. The van der Waals surface area contributed by atoms with Crippen molar-refractivity contribution in [2.75, 3.05) is 19.8 Å². The predicted molar refractivity (Wildman–Crippen MR) is 85.6 cm³/mol. The van der Waals surface area contributed by atoms with Gasteiger partial charge in [0, 0.05) is 13.0 Å². The molecule has 0 aromatic heterocycles. The van der Waals surface area contributed by atoms with Crippen molar-refractivity contribution in [1.29, 1.82) is 0 Å². The fourth-order valence-electron chi connectivity index (χ4n) is 2.03.